The highest BCUT2D eigenvalue weighted by Gasteiger charge is 2.29. The van der Waals surface area contributed by atoms with Crippen molar-refractivity contribution in [1.29, 1.82) is 0 Å². The lowest BCUT2D eigenvalue weighted by Gasteiger charge is -2.27. The number of hydrogen-bond acceptors (Lipinski definition) is 1. The molecule has 0 aromatic heterocycles. The molecule has 1 aliphatic rings. The highest BCUT2D eigenvalue weighted by Crippen LogP contribution is 2.38. The molecule has 1 heteroatoms. The number of fused-ring (bicyclic) bond motifs is 2. The van der Waals surface area contributed by atoms with Crippen LogP contribution in [-0.2, 0) is 10.8 Å². The second-order valence-corrected chi connectivity index (χ2v) is 8.83. The third-order valence-electron chi connectivity index (χ3n) is 4.91. The van der Waals surface area contributed by atoms with Gasteiger partial charge >= 0.3 is 0 Å². The number of carbonyl (C=O) groups is 1. The van der Waals surface area contributed by atoms with Crippen molar-refractivity contribution in [3.05, 3.63) is 76.4 Å². The van der Waals surface area contributed by atoms with E-state index in [4.69, 9.17) is 0 Å². The van der Waals surface area contributed by atoms with Crippen LogP contribution in [0.15, 0.2) is 43.0 Å². The summed E-state index contributed by atoms with van der Waals surface area (Å²) in [7, 11) is 0. The molecule has 0 unspecified atom stereocenters. The quantitative estimate of drug-likeness (QED) is 0.505. The van der Waals surface area contributed by atoms with Gasteiger partial charge in [0.25, 0.3) is 0 Å². The molecule has 0 saturated heterocycles. The first-order valence-electron chi connectivity index (χ1n) is 8.53. The van der Waals surface area contributed by atoms with E-state index < -0.39 is 0 Å². The van der Waals surface area contributed by atoms with Crippen molar-refractivity contribution in [3.8, 4) is 0 Å². The summed E-state index contributed by atoms with van der Waals surface area (Å²) in [6.45, 7) is 17.4. The van der Waals surface area contributed by atoms with Crippen LogP contribution in [0.2, 0.25) is 0 Å². The van der Waals surface area contributed by atoms with E-state index in [1.807, 2.05) is 12.1 Å². The molecule has 0 atom stereocenters. The molecule has 124 valence electrons. The van der Waals surface area contributed by atoms with E-state index in [0.717, 1.165) is 27.8 Å². The van der Waals surface area contributed by atoms with Crippen LogP contribution in [0.4, 0.5) is 0 Å². The highest BCUT2D eigenvalue weighted by atomic mass is 16.1. The minimum atomic E-state index is 0.0208. The standard InChI is InChI=1S/C23H26O/c1-14-17-10-8-16(23(5,6)7)13-20(17)21(24)18-11-9-15(12-19(14)18)22(2,3)4/h8-13H,1H2,2-7H3. The van der Waals surface area contributed by atoms with Gasteiger partial charge in [0.05, 0.1) is 0 Å². The van der Waals surface area contributed by atoms with E-state index in [1.54, 1.807) is 0 Å². The molecule has 0 amide bonds. The first-order valence-corrected chi connectivity index (χ1v) is 8.53. The Morgan fingerprint density at radius 2 is 1.12 bits per heavy atom. The molecule has 0 spiro atoms. The second-order valence-electron chi connectivity index (χ2n) is 8.83. The van der Waals surface area contributed by atoms with Gasteiger partial charge in [-0.05, 0) is 50.8 Å². The van der Waals surface area contributed by atoms with Crippen molar-refractivity contribution >= 4 is 11.4 Å². The number of rotatable bonds is 0. The van der Waals surface area contributed by atoms with Crippen LogP contribution >= 0.6 is 0 Å². The number of hydrogen-bond donors (Lipinski definition) is 0. The van der Waals surface area contributed by atoms with Crippen LogP contribution in [0, 0.1) is 0 Å². The second kappa shape index (κ2) is 5.17. The predicted octanol–water partition coefficient (Wildman–Crippen LogP) is 5.89. The van der Waals surface area contributed by atoms with Gasteiger partial charge in [-0.25, -0.2) is 0 Å². The van der Waals surface area contributed by atoms with E-state index in [0.29, 0.717) is 0 Å². The van der Waals surface area contributed by atoms with Crippen molar-refractivity contribution in [2.75, 3.05) is 0 Å². The van der Waals surface area contributed by atoms with E-state index in [1.165, 1.54) is 11.1 Å². The Kier molecular flexibility index (Phi) is 3.60. The van der Waals surface area contributed by atoms with Crippen LogP contribution < -0.4 is 0 Å². The Hall–Kier alpha value is -2.15. The normalized spacial score (nSPS) is 14.4. The molecule has 0 radical (unpaired) electrons. The lowest BCUT2D eigenvalue weighted by atomic mass is 9.76. The maximum atomic E-state index is 13.1. The summed E-state index contributed by atoms with van der Waals surface area (Å²) < 4.78 is 0. The van der Waals surface area contributed by atoms with E-state index in [-0.39, 0.29) is 16.6 Å². The van der Waals surface area contributed by atoms with E-state index in [9.17, 15) is 4.79 Å². The van der Waals surface area contributed by atoms with Crippen LogP contribution in [-0.4, -0.2) is 5.78 Å². The average Bonchev–Trinajstić information content (AvgIpc) is 2.49. The van der Waals surface area contributed by atoms with Gasteiger partial charge in [0.1, 0.15) is 0 Å². The molecule has 2 aromatic carbocycles. The molecule has 0 bridgehead atoms. The number of carbonyl (C=O) groups excluding carboxylic acids is 1. The fourth-order valence-corrected chi connectivity index (χ4v) is 3.21. The van der Waals surface area contributed by atoms with Gasteiger partial charge in [0.2, 0.25) is 0 Å². The molecule has 0 N–H and O–H groups in total. The molecule has 3 rings (SSSR count). The Morgan fingerprint density at radius 3 is 1.62 bits per heavy atom. The molecule has 0 saturated carbocycles. The van der Waals surface area contributed by atoms with Gasteiger partial charge in [-0.1, -0.05) is 72.4 Å². The van der Waals surface area contributed by atoms with E-state index >= 15 is 0 Å². The third kappa shape index (κ3) is 2.62. The molecular weight excluding hydrogens is 292 g/mol. The summed E-state index contributed by atoms with van der Waals surface area (Å²) in [6, 6.07) is 12.4. The molecule has 1 aliphatic carbocycles. The molecule has 0 aliphatic heterocycles. The van der Waals surface area contributed by atoms with Gasteiger partial charge in [-0.2, -0.15) is 0 Å². The summed E-state index contributed by atoms with van der Waals surface area (Å²) in [4.78, 5) is 13.1. The number of ketones is 1. The lowest BCUT2D eigenvalue weighted by Crippen LogP contribution is -2.19. The van der Waals surface area contributed by atoms with Crippen LogP contribution in [0.5, 0.6) is 0 Å². The summed E-state index contributed by atoms with van der Waals surface area (Å²) in [5.74, 6) is 0.110. The Bertz CT molecular complexity index is 781. The molecule has 1 nitrogen and oxygen atoms in total. The third-order valence-corrected chi connectivity index (χ3v) is 4.91. The fourth-order valence-electron chi connectivity index (χ4n) is 3.21. The van der Waals surface area contributed by atoms with Crippen molar-refractivity contribution in [2.45, 2.75) is 52.4 Å². The van der Waals surface area contributed by atoms with Crippen molar-refractivity contribution < 1.29 is 4.79 Å². The molecule has 2 aromatic rings. The monoisotopic (exact) mass is 318 g/mol. The average molecular weight is 318 g/mol. The smallest absolute Gasteiger partial charge is 0.194 e. The maximum Gasteiger partial charge on any atom is 0.194 e. The van der Waals surface area contributed by atoms with Gasteiger partial charge in [-0.3, -0.25) is 4.79 Å². The zero-order chi connectivity index (χ0) is 17.9. The largest absolute Gasteiger partial charge is 0.289 e. The zero-order valence-electron chi connectivity index (χ0n) is 15.6. The van der Waals surface area contributed by atoms with Crippen molar-refractivity contribution in [1.82, 2.24) is 0 Å². The fraction of sp³-hybridized carbons (Fsp3) is 0.348. The topological polar surface area (TPSA) is 17.1 Å². The Labute approximate surface area is 145 Å². The molecule has 0 fully saturated rings. The summed E-state index contributed by atoms with van der Waals surface area (Å²) in [6.07, 6.45) is 0. The lowest BCUT2D eigenvalue weighted by molar-refractivity contribution is 0.103. The highest BCUT2D eigenvalue weighted by molar-refractivity contribution is 6.18. The SMILES string of the molecule is C=C1c2cc(C(C)(C)C)ccc2C(=O)c2cc(C(C)(C)C)ccc21. The van der Waals surface area contributed by atoms with Gasteiger partial charge in [-0.15, -0.1) is 0 Å². The molecular formula is C23H26O. The van der Waals surface area contributed by atoms with Crippen LogP contribution in [0.1, 0.15) is 79.7 Å². The maximum absolute atomic E-state index is 13.1. The van der Waals surface area contributed by atoms with Crippen molar-refractivity contribution in [3.63, 3.8) is 0 Å². The first-order chi connectivity index (χ1) is 11.0. The number of benzene rings is 2. The van der Waals surface area contributed by atoms with Crippen LogP contribution in [0.3, 0.4) is 0 Å². The first kappa shape index (κ1) is 16.7. The minimum Gasteiger partial charge on any atom is -0.289 e. The van der Waals surface area contributed by atoms with Gasteiger partial charge in [0.15, 0.2) is 5.78 Å². The van der Waals surface area contributed by atoms with Gasteiger partial charge < -0.3 is 0 Å². The summed E-state index contributed by atoms with van der Waals surface area (Å²) in [5, 5.41) is 0. The minimum absolute atomic E-state index is 0.0208. The van der Waals surface area contributed by atoms with Crippen LogP contribution in [0.25, 0.3) is 5.57 Å². The van der Waals surface area contributed by atoms with Crippen molar-refractivity contribution in [2.24, 2.45) is 0 Å². The molecule has 0 heterocycles. The Morgan fingerprint density at radius 1 is 0.667 bits per heavy atom. The zero-order valence-corrected chi connectivity index (χ0v) is 15.6. The Balaban J connectivity index is 2.18. The van der Waals surface area contributed by atoms with Gasteiger partial charge in [0, 0.05) is 11.1 Å². The summed E-state index contributed by atoms with van der Waals surface area (Å²) >= 11 is 0. The predicted molar refractivity (Wildman–Crippen MR) is 102 cm³/mol. The summed E-state index contributed by atoms with van der Waals surface area (Å²) in [5.41, 5.74) is 6.92. The van der Waals surface area contributed by atoms with E-state index in [2.05, 4.69) is 72.4 Å². The molecule has 24 heavy (non-hydrogen) atoms.